The molecule has 2 aromatic rings. The minimum absolute atomic E-state index is 0.0230. The highest BCUT2D eigenvalue weighted by Gasteiger charge is 2.41. The number of rotatable bonds is 4. The summed E-state index contributed by atoms with van der Waals surface area (Å²) in [6, 6.07) is 10.1. The SMILES string of the molecule is S=C1NC(c2ccccn2)C(c2ccc(Cl)s2)N1CC1CCCO1. The van der Waals surface area contributed by atoms with E-state index in [1.807, 2.05) is 30.5 Å². The van der Waals surface area contributed by atoms with Crippen molar-refractivity contribution >= 4 is 40.3 Å². The highest BCUT2D eigenvalue weighted by atomic mass is 35.5. The van der Waals surface area contributed by atoms with Crippen molar-refractivity contribution in [3.8, 4) is 0 Å². The predicted molar refractivity (Wildman–Crippen MR) is 100 cm³/mol. The molecule has 7 heteroatoms. The van der Waals surface area contributed by atoms with Gasteiger partial charge in [0.05, 0.1) is 28.2 Å². The lowest BCUT2D eigenvalue weighted by Crippen LogP contribution is -2.36. The molecule has 2 fully saturated rings. The first-order chi connectivity index (χ1) is 11.7. The molecule has 24 heavy (non-hydrogen) atoms. The molecule has 3 atom stereocenters. The van der Waals surface area contributed by atoms with Crippen LogP contribution in [0.15, 0.2) is 36.5 Å². The lowest BCUT2D eigenvalue weighted by Gasteiger charge is -2.28. The lowest BCUT2D eigenvalue weighted by atomic mass is 10.0. The Hall–Kier alpha value is -1.21. The van der Waals surface area contributed by atoms with Crippen LogP contribution in [0.25, 0.3) is 0 Å². The molecule has 0 aromatic carbocycles. The van der Waals surface area contributed by atoms with Gasteiger partial charge in [0.1, 0.15) is 0 Å². The van der Waals surface area contributed by atoms with Crippen molar-refractivity contribution in [3.63, 3.8) is 0 Å². The van der Waals surface area contributed by atoms with Crippen LogP contribution in [0.5, 0.6) is 0 Å². The molecule has 126 valence electrons. The highest BCUT2D eigenvalue weighted by Crippen LogP contribution is 2.42. The maximum atomic E-state index is 6.19. The Kier molecular flexibility index (Phi) is 4.72. The van der Waals surface area contributed by atoms with E-state index in [1.54, 1.807) is 11.3 Å². The van der Waals surface area contributed by atoms with Gasteiger partial charge in [-0.2, -0.15) is 0 Å². The molecule has 2 saturated heterocycles. The van der Waals surface area contributed by atoms with Gasteiger partial charge in [0.15, 0.2) is 5.11 Å². The second-order valence-corrected chi connectivity index (χ2v) is 8.19. The van der Waals surface area contributed by atoms with Crippen LogP contribution in [-0.4, -0.2) is 34.3 Å². The predicted octanol–water partition coefficient (Wildman–Crippen LogP) is 3.95. The van der Waals surface area contributed by atoms with Crippen molar-refractivity contribution in [1.29, 1.82) is 0 Å². The molecular weight excluding hydrogens is 362 g/mol. The van der Waals surface area contributed by atoms with Gasteiger partial charge in [0.2, 0.25) is 0 Å². The van der Waals surface area contributed by atoms with E-state index in [1.165, 1.54) is 4.88 Å². The van der Waals surface area contributed by atoms with Crippen LogP contribution in [0.3, 0.4) is 0 Å². The van der Waals surface area contributed by atoms with Crippen molar-refractivity contribution in [2.75, 3.05) is 13.2 Å². The number of aromatic nitrogens is 1. The van der Waals surface area contributed by atoms with E-state index in [2.05, 4.69) is 21.3 Å². The number of thiophene rings is 1. The van der Waals surface area contributed by atoms with Crippen LogP contribution in [0.4, 0.5) is 0 Å². The number of nitrogens with zero attached hydrogens (tertiary/aromatic N) is 2. The monoisotopic (exact) mass is 379 g/mol. The Balaban J connectivity index is 1.67. The molecule has 0 spiro atoms. The van der Waals surface area contributed by atoms with Gasteiger partial charge in [-0.15, -0.1) is 11.3 Å². The zero-order chi connectivity index (χ0) is 16.5. The van der Waals surface area contributed by atoms with Crippen LogP contribution in [0.2, 0.25) is 4.34 Å². The summed E-state index contributed by atoms with van der Waals surface area (Å²) >= 11 is 13.4. The van der Waals surface area contributed by atoms with E-state index in [4.69, 9.17) is 28.6 Å². The number of hydrogen-bond donors (Lipinski definition) is 1. The average molecular weight is 380 g/mol. The zero-order valence-electron chi connectivity index (χ0n) is 13.0. The molecule has 4 heterocycles. The first-order valence-electron chi connectivity index (χ1n) is 8.07. The molecule has 2 aliphatic rings. The van der Waals surface area contributed by atoms with Crippen LogP contribution in [0.1, 0.15) is 35.5 Å². The molecule has 0 saturated carbocycles. The Labute approximate surface area is 155 Å². The number of thiocarbonyl (C=S) groups is 1. The molecule has 0 bridgehead atoms. The van der Waals surface area contributed by atoms with E-state index < -0.39 is 0 Å². The minimum atomic E-state index is 0.0230. The summed E-state index contributed by atoms with van der Waals surface area (Å²) < 4.78 is 6.62. The molecule has 3 unspecified atom stereocenters. The van der Waals surface area contributed by atoms with E-state index >= 15 is 0 Å². The summed E-state index contributed by atoms with van der Waals surface area (Å²) in [5, 5.41) is 4.21. The highest BCUT2D eigenvalue weighted by molar-refractivity contribution is 7.80. The van der Waals surface area contributed by atoms with Gasteiger partial charge in [0.25, 0.3) is 0 Å². The van der Waals surface area contributed by atoms with E-state index in [-0.39, 0.29) is 18.2 Å². The summed E-state index contributed by atoms with van der Waals surface area (Å²) in [5.41, 5.74) is 0.990. The largest absolute Gasteiger partial charge is 0.376 e. The molecule has 0 amide bonds. The van der Waals surface area contributed by atoms with E-state index in [9.17, 15) is 0 Å². The normalized spacial score (nSPS) is 26.8. The number of hydrogen-bond acceptors (Lipinski definition) is 4. The zero-order valence-corrected chi connectivity index (χ0v) is 15.4. The number of halogens is 1. The van der Waals surface area contributed by atoms with Crippen molar-refractivity contribution in [2.45, 2.75) is 31.0 Å². The second-order valence-electron chi connectivity index (χ2n) is 6.06. The Bertz CT molecular complexity index is 718. The summed E-state index contributed by atoms with van der Waals surface area (Å²) in [5.74, 6) is 0. The number of ether oxygens (including phenoxy) is 1. The molecule has 0 radical (unpaired) electrons. The molecule has 2 aliphatic heterocycles. The fraction of sp³-hybridized carbons (Fsp3) is 0.412. The molecule has 2 aromatic heterocycles. The van der Waals surface area contributed by atoms with E-state index in [0.717, 1.165) is 41.1 Å². The van der Waals surface area contributed by atoms with E-state index in [0.29, 0.717) is 0 Å². The van der Waals surface area contributed by atoms with Gasteiger partial charge < -0.3 is 15.0 Å². The molecule has 4 nitrogen and oxygen atoms in total. The first kappa shape index (κ1) is 16.3. The summed E-state index contributed by atoms with van der Waals surface area (Å²) in [4.78, 5) is 7.97. The molecule has 0 aliphatic carbocycles. The molecule has 1 N–H and O–H groups in total. The Morgan fingerprint density at radius 3 is 2.96 bits per heavy atom. The summed E-state index contributed by atoms with van der Waals surface area (Å²) in [7, 11) is 0. The maximum absolute atomic E-state index is 6.19. The third-order valence-electron chi connectivity index (χ3n) is 4.51. The van der Waals surface area contributed by atoms with Gasteiger partial charge in [-0.3, -0.25) is 4.98 Å². The van der Waals surface area contributed by atoms with Crippen LogP contribution in [-0.2, 0) is 4.74 Å². The number of nitrogens with one attached hydrogen (secondary N) is 1. The average Bonchev–Trinajstić information content (AvgIpc) is 3.31. The third kappa shape index (κ3) is 3.16. The van der Waals surface area contributed by atoms with Crippen LogP contribution < -0.4 is 5.32 Å². The Morgan fingerprint density at radius 1 is 1.38 bits per heavy atom. The van der Waals surface area contributed by atoms with Crippen molar-refractivity contribution in [1.82, 2.24) is 15.2 Å². The fourth-order valence-corrected chi connectivity index (χ4v) is 4.93. The number of pyridine rings is 1. The summed E-state index contributed by atoms with van der Waals surface area (Å²) in [6.07, 6.45) is 4.27. The first-order valence-corrected chi connectivity index (χ1v) is 9.67. The second kappa shape index (κ2) is 6.96. The van der Waals surface area contributed by atoms with Crippen LogP contribution >= 0.6 is 35.2 Å². The third-order valence-corrected chi connectivity index (χ3v) is 6.16. The van der Waals surface area contributed by atoms with Gasteiger partial charge in [-0.05, 0) is 49.3 Å². The fourth-order valence-electron chi connectivity index (χ4n) is 3.41. The van der Waals surface area contributed by atoms with Crippen molar-refractivity contribution < 1.29 is 4.74 Å². The maximum Gasteiger partial charge on any atom is 0.170 e. The summed E-state index contributed by atoms with van der Waals surface area (Å²) in [6.45, 7) is 1.65. The topological polar surface area (TPSA) is 37.4 Å². The lowest BCUT2D eigenvalue weighted by molar-refractivity contribution is 0.0846. The van der Waals surface area contributed by atoms with Gasteiger partial charge in [-0.1, -0.05) is 17.7 Å². The van der Waals surface area contributed by atoms with Gasteiger partial charge in [0, 0.05) is 24.2 Å². The molecule has 4 rings (SSSR count). The molecular formula is C17H18ClN3OS2. The van der Waals surface area contributed by atoms with Gasteiger partial charge in [-0.25, -0.2) is 0 Å². The quantitative estimate of drug-likeness (QED) is 0.814. The standard InChI is InChI=1S/C17H18ClN3OS2/c18-14-7-6-13(24-14)16-15(12-5-1-2-8-19-12)20-17(23)21(16)10-11-4-3-9-22-11/h1-2,5-8,11,15-16H,3-4,9-10H2,(H,20,23). The van der Waals surface area contributed by atoms with Crippen molar-refractivity contribution in [2.24, 2.45) is 0 Å². The van der Waals surface area contributed by atoms with Crippen LogP contribution in [0, 0.1) is 0 Å². The van der Waals surface area contributed by atoms with Crippen molar-refractivity contribution in [3.05, 3.63) is 51.4 Å². The minimum Gasteiger partial charge on any atom is -0.376 e. The van der Waals surface area contributed by atoms with Gasteiger partial charge >= 0.3 is 0 Å². The smallest absolute Gasteiger partial charge is 0.170 e. The Morgan fingerprint density at radius 2 is 2.29 bits per heavy atom.